The Bertz CT molecular complexity index is 675. The summed E-state index contributed by atoms with van der Waals surface area (Å²) >= 11 is 1.18. The fourth-order valence-corrected chi connectivity index (χ4v) is 2.37. The van der Waals surface area contributed by atoms with Crippen LogP contribution in [0.1, 0.15) is 11.1 Å². The van der Waals surface area contributed by atoms with Crippen molar-refractivity contribution in [2.45, 2.75) is 11.9 Å². The molecule has 0 fully saturated rings. The van der Waals surface area contributed by atoms with Crippen LogP contribution >= 0.6 is 11.8 Å². The van der Waals surface area contributed by atoms with Crippen molar-refractivity contribution in [2.75, 3.05) is 5.75 Å². The van der Waals surface area contributed by atoms with E-state index in [1.807, 2.05) is 31.2 Å². The normalized spacial score (nSPS) is 10.0. The summed E-state index contributed by atoms with van der Waals surface area (Å²) in [6.07, 6.45) is 0. The summed E-state index contributed by atoms with van der Waals surface area (Å²) in [4.78, 5) is 15.3. The molecule has 4 nitrogen and oxygen atoms in total. The minimum atomic E-state index is -0.429. The number of nitrogens with zero attached hydrogens (tertiary/aromatic N) is 2. The monoisotopic (exact) mass is 283 g/mol. The third-order valence-corrected chi connectivity index (χ3v) is 3.69. The SMILES string of the molecule is Cc1ccc(-c2ccc(C#N)c(SCC(N)=O)n2)cc1. The number of primary amides is 1. The summed E-state index contributed by atoms with van der Waals surface area (Å²) in [5.41, 5.74) is 8.50. The van der Waals surface area contributed by atoms with Crippen molar-refractivity contribution in [2.24, 2.45) is 5.73 Å². The number of aryl methyl sites for hydroxylation is 1. The van der Waals surface area contributed by atoms with Crippen molar-refractivity contribution in [3.63, 3.8) is 0 Å². The zero-order valence-electron chi connectivity index (χ0n) is 11.0. The summed E-state index contributed by atoms with van der Waals surface area (Å²) in [7, 11) is 0. The van der Waals surface area contributed by atoms with Gasteiger partial charge in [-0.25, -0.2) is 4.98 Å². The summed E-state index contributed by atoms with van der Waals surface area (Å²) in [5.74, 6) is -0.319. The molecule has 0 atom stereocenters. The molecule has 0 aliphatic heterocycles. The first-order valence-corrected chi connectivity index (χ1v) is 6.98. The average molecular weight is 283 g/mol. The minimum Gasteiger partial charge on any atom is -0.369 e. The van der Waals surface area contributed by atoms with E-state index < -0.39 is 5.91 Å². The highest BCUT2D eigenvalue weighted by Crippen LogP contribution is 2.25. The van der Waals surface area contributed by atoms with Gasteiger partial charge < -0.3 is 5.73 Å². The molecule has 1 heterocycles. The van der Waals surface area contributed by atoms with Crippen molar-refractivity contribution in [3.05, 3.63) is 47.5 Å². The maximum Gasteiger partial charge on any atom is 0.227 e. The third kappa shape index (κ3) is 3.37. The number of carbonyl (C=O) groups excluding carboxylic acids is 1. The van der Waals surface area contributed by atoms with Gasteiger partial charge in [0.1, 0.15) is 11.1 Å². The quantitative estimate of drug-likeness (QED) is 0.874. The van der Waals surface area contributed by atoms with E-state index in [2.05, 4.69) is 11.1 Å². The van der Waals surface area contributed by atoms with Crippen molar-refractivity contribution < 1.29 is 4.79 Å². The Hall–Kier alpha value is -2.32. The van der Waals surface area contributed by atoms with Crippen LogP contribution in [0.3, 0.4) is 0 Å². The van der Waals surface area contributed by atoms with Gasteiger partial charge in [-0.05, 0) is 19.1 Å². The van der Waals surface area contributed by atoms with Crippen LogP contribution in [0.25, 0.3) is 11.3 Å². The molecule has 0 radical (unpaired) electrons. The molecule has 0 aliphatic carbocycles. The Morgan fingerprint density at radius 1 is 1.30 bits per heavy atom. The first kappa shape index (κ1) is 14.1. The molecule has 0 spiro atoms. The number of thioether (sulfide) groups is 1. The van der Waals surface area contributed by atoms with Gasteiger partial charge in [0.05, 0.1) is 17.0 Å². The van der Waals surface area contributed by atoms with Crippen molar-refractivity contribution in [1.29, 1.82) is 5.26 Å². The van der Waals surface area contributed by atoms with E-state index in [9.17, 15) is 4.79 Å². The summed E-state index contributed by atoms with van der Waals surface area (Å²) < 4.78 is 0. The zero-order chi connectivity index (χ0) is 14.5. The van der Waals surface area contributed by atoms with Crippen LogP contribution in [0.2, 0.25) is 0 Å². The molecule has 0 saturated carbocycles. The van der Waals surface area contributed by atoms with E-state index in [1.54, 1.807) is 12.1 Å². The second kappa shape index (κ2) is 6.22. The first-order valence-electron chi connectivity index (χ1n) is 5.99. The summed E-state index contributed by atoms with van der Waals surface area (Å²) in [6.45, 7) is 2.02. The Morgan fingerprint density at radius 2 is 2.00 bits per heavy atom. The molecule has 5 heteroatoms. The second-order valence-corrected chi connectivity index (χ2v) is 5.25. The first-order chi connectivity index (χ1) is 9.60. The highest BCUT2D eigenvalue weighted by molar-refractivity contribution is 7.99. The van der Waals surface area contributed by atoms with Crippen molar-refractivity contribution >= 4 is 17.7 Å². The summed E-state index contributed by atoms with van der Waals surface area (Å²) in [5, 5.41) is 9.59. The van der Waals surface area contributed by atoms with Gasteiger partial charge in [-0.2, -0.15) is 5.26 Å². The maximum atomic E-state index is 10.9. The highest BCUT2D eigenvalue weighted by atomic mass is 32.2. The minimum absolute atomic E-state index is 0.110. The standard InChI is InChI=1S/C15H13N3OS/c1-10-2-4-11(5-3-10)13-7-6-12(8-16)15(18-13)20-9-14(17)19/h2-7H,9H2,1H3,(H2,17,19). The van der Waals surface area contributed by atoms with Crippen LogP contribution in [0.4, 0.5) is 0 Å². The molecule has 2 N–H and O–H groups in total. The molecule has 2 rings (SSSR count). The van der Waals surface area contributed by atoms with E-state index in [4.69, 9.17) is 11.0 Å². The Labute approximate surface area is 121 Å². The molecular weight excluding hydrogens is 270 g/mol. The van der Waals surface area contributed by atoms with Gasteiger partial charge in [-0.15, -0.1) is 0 Å². The number of hydrogen-bond acceptors (Lipinski definition) is 4. The van der Waals surface area contributed by atoms with E-state index in [0.717, 1.165) is 11.3 Å². The molecule has 2 aromatic rings. The Balaban J connectivity index is 2.36. The van der Waals surface area contributed by atoms with Crippen LogP contribution in [0, 0.1) is 18.3 Å². The van der Waals surface area contributed by atoms with Gasteiger partial charge in [0.25, 0.3) is 0 Å². The molecule has 20 heavy (non-hydrogen) atoms. The molecule has 0 bridgehead atoms. The van der Waals surface area contributed by atoms with E-state index >= 15 is 0 Å². The number of amides is 1. The number of hydrogen-bond donors (Lipinski definition) is 1. The lowest BCUT2D eigenvalue weighted by atomic mass is 10.1. The van der Waals surface area contributed by atoms with Gasteiger partial charge in [-0.1, -0.05) is 41.6 Å². The average Bonchev–Trinajstić information content (AvgIpc) is 2.45. The molecular formula is C15H13N3OS. The Kier molecular flexibility index (Phi) is 4.38. The molecule has 0 aliphatic rings. The van der Waals surface area contributed by atoms with Gasteiger partial charge in [0.15, 0.2) is 0 Å². The molecule has 100 valence electrons. The smallest absolute Gasteiger partial charge is 0.227 e. The predicted octanol–water partition coefficient (Wildman–Crippen LogP) is 2.51. The van der Waals surface area contributed by atoms with E-state index in [1.165, 1.54) is 17.3 Å². The van der Waals surface area contributed by atoms with Crippen LogP contribution in [0.5, 0.6) is 0 Å². The molecule has 1 amide bonds. The number of carbonyl (C=O) groups is 1. The number of nitrogens with two attached hydrogens (primary N) is 1. The fraction of sp³-hybridized carbons (Fsp3) is 0.133. The summed E-state index contributed by atoms with van der Waals surface area (Å²) in [6, 6.07) is 13.6. The second-order valence-electron chi connectivity index (χ2n) is 4.28. The van der Waals surface area contributed by atoms with Crippen LogP contribution < -0.4 is 5.73 Å². The van der Waals surface area contributed by atoms with Crippen molar-refractivity contribution in [1.82, 2.24) is 4.98 Å². The lowest BCUT2D eigenvalue weighted by Gasteiger charge is -2.06. The lowest BCUT2D eigenvalue weighted by Crippen LogP contribution is -2.13. The zero-order valence-corrected chi connectivity index (χ0v) is 11.8. The number of pyridine rings is 1. The molecule has 0 saturated heterocycles. The lowest BCUT2D eigenvalue weighted by molar-refractivity contribution is -0.115. The van der Waals surface area contributed by atoms with Crippen molar-refractivity contribution in [3.8, 4) is 17.3 Å². The maximum absolute atomic E-state index is 10.9. The largest absolute Gasteiger partial charge is 0.369 e. The van der Waals surface area contributed by atoms with Crippen LogP contribution in [-0.2, 0) is 4.79 Å². The topological polar surface area (TPSA) is 79.8 Å². The van der Waals surface area contributed by atoms with Crippen LogP contribution in [-0.4, -0.2) is 16.6 Å². The third-order valence-electron chi connectivity index (χ3n) is 2.68. The molecule has 0 unspecified atom stereocenters. The molecule has 1 aromatic heterocycles. The fourth-order valence-electron chi connectivity index (χ4n) is 1.66. The van der Waals surface area contributed by atoms with E-state index in [-0.39, 0.29) is 5.75 Å². The van der Waals surface area contributed by atoms with E-state index in [0.29, 0.717) is 10.6 Å². The number of aromatic nitrogens is 1. The van der Waals surface area contributed by atoms with Gasteiger partial charge in [0.2, 0.25) is 5.91 Å². The van der Waals surface area contributed by atoms with Crippen LogP contribution in [0.15, 0.2) is 41.4 Å². The molecule has 1 aromatic carbocycles. The van der Waals surface area contributed by atoms with Gasteiger partial charge in [-0.3, -0.25) is 4.79 Å². The van der Waals surface area contributed by atoms with Gasteiger partial charge >= 0.3 is 0 Å². The Morgan fingerprint density at radius 3 is 2.60 bits per heavy atom. The number of nitriles is 1. The number of rotatable bonds is 4. The number of benzene rings is 1. The van der Waals surface area contributed by atoms with Gasteiger partial charge in [0, 0.05) is 5.56 Å². The predicted molar refractivity (Wildman–Crippen MR) is 79.0 cm³/mol. The highest BCUT2D eigenvalue weighted by Gasteiger charge is 2.09.